The van der Waals surface area contributed by atoms with Crippen LogP contribution in [0.15, 0.2) is 54.7 Å². The zero-order valence-corrected chi connectivity index (χ0v) is 15.4. The monoisotopic (exact) mass is 365 g/mol. The number of H-pyrrole nitrogens is 1. The first kappa shape index (κ1) is 18.7. The summed E-state index contributed by atoms with van der Waals surface area (Å²) in [5.41, 5.74) is 2.68. The third kappa shape index (κ3) is 4.76. The van der Waals surface area contributed by atoms with Crippen molar-refractivity contribution >= 4 is 22.7 Å². The van der Waals surface area contributed by atoms with Crippen molar-refractivity contribution in [3.05, 3.63) is 65.9 Å². The van der Waals surface area contributed by atoms with E-state index in [1.54, 1.807) is 6.20 Å². The Morgan fingerprint density at radius 3 is 2.63 bits per heavy atom. The maximum Gasteiger partial charge on any atom is 0.306 e. The first-order chi connectivity index (χ1) is 13.2. The van der Waals surface area contributed by atoms with Gasteiger partial charge in [-0.15, -0.1) is 0 Å². The molecule has 3 aromatic rings. The summed E-state index contributed by atoms with van der Waals surface area (Å²) < 4.78 is 10.7. The van der Waals surface area contributed by atoms with Gasteiger partial charge < -0.3 is 14.5 Å². The van der Waals surface area contributed by atoms with Crippen molar-refractivity contribution in [2.75, 3.05) is 13.2 Å². The van der Waals surface area contributed by atoms with Crippen LogP contribution < -0.4 is 4.74 Å². The number of fused-ring (bicyclic) bond motifs is 1. The second kappa shape index (κ2) is 9.03. The normalized spacial score (nSPS) is 10.7. The van der Waals surface area contributed by atoms with E-state index >= 15 is 0 Å². The third-order valence-corrected chi connectivity index (χ3v) is 4.38. The first-order valence-corrected chi connectivity index (χ1v) is 9.14. The van der Waals surface area contributed by atoms with Gasteiger partial charge in [-0.25, -0.2) is 0 Å². The van der Waals surface area contributed by atoms with Crippen LogP contribution in [-0.4, -0.2) is 30.0 Å². The van der Waals surface area contributed by atoms with Crippen LogP contribution in [0.25, 0.3) is 10.9 Å². The number of benzene rings is 2. The van der Waals surface area contributed by atoms with Crippen molar-refractivity contribution in [3.8, 4) is 5.75 Å². The Balaban J connectivity index is 1.45. The van der Waals surface area contributed by atoms with Crippen LogP contribution in [0.3, 0.4) is 0 Å². The van der Waals surface area contributed by atoms with Gasteiger partial charge in [0.25, 0.3) is 0 Å². The van der Waals surface area contributed by atoms with Crippen LogP contribution in [0, 0.1) is 0 Å². The van der Waals surface area contributed by atoms with Crippen LogP contribution in [0.4, 0.5) is 0 Å². The van der Waals surface area contributed by atoms with Crippen molar-refractivity contribution in [2.45, 2.75) is 26.2 Å². The fourth-order valence-corrected chi connectivity index (χ4v) is 2.96. The molecular weight excluding hydrogens is 342 g/mol. The van der Waals surface area contributed by atoms with E-state index in [1.165, 1.54) is 0 Å². The molecule has 0 bridgehead atoms. The molecular formula is C22H23NO4. The lowest BCUT2D eigenvalue weighted by Gasteiger charge is -2.06. The molecule has 0 fully saturated rings. The van der Waals surface area contributed by atoms with Crippen LogP contribution in [0.2, 0.25) is 0 Å². The molecule has 0 atom stereocenters. The van der Waals surface area contributed by atoms with Crippen LogP contribution in [0.5, 0.6) is 5.75 Å². The SMILES string of the molecule is CCc1cccc2c(C(=O)COC(=O)CCCOc3ccccc3)c[nH]c12. The molecule has 1 heterocycles. The number of carbonyl (C=O) groups is 2. The molecule has 0 aliphatic carbocycles. The van der Waals surface area contributed by atoms with Crippen LogP contribution >= 0.6 is 0 Å². The Kier molecular flexibility index (Phi) is 6.26. The van der Waals surface area contributed by atoms with Gasteiger partial charge in [0.15, 0.2) is 6.61 Å². The number of aromatic nitrogens is 1. The third-order valence-electron chi connectivity index (χ3n) is 4.38. The molecule has 0 aliphatic rings. The van der Waals surface area contributed by atoms with Crippen LogP contribution in [-0.2, 0) is 16.0 Å². The van der Waals surface area contributed by atoms with Gasteiger partial charge in [0.2, 0.25) is 5.78 Å². The van der Waals surface area contributed by atoms with E-state index in [0.29, 0.717) is 18.6 Å². The summed E-state index contributed by atoms with van der Waals surface area (Å²) in [5, 5.41) is 0.867. The van der Waals surface area contributed by atoms with E-state index in [1.807, 2.05) is 48.5 Å². The average molecular weight is 365 g/mol. The van der Waals surface area contributed by atoms with Gasteiger partial charge in [0.1, 0.15) is 5.75 Å². The van der Waals surface area contributed by atoms with Gasteiger partial charge >= 0.3 is 5.97 Å². The molecule has 5 heteroatoms. The predicted octanol–water partition coefficient (Wildman–Crippen LogP) is 4.32. The van der Waals surface area contributed by atoms with E-state index in [0.717, 1.165) is 28.6 Å². The molecule has 1 N–H and O–H groups in total. The molecule has 0 spiro atoms. The van der Waals surface area contributed by atoms with E-state index in [9.17, 15) is 9.59 Å². The fourth-order valence-electron chi connectivity index (χ4n) is 2.96. The highest BCUT2D eigenvalue weighted by molar-refractivity contribution is 6.09. The van der Waals surface area contributed by atoms with E-state index in [2.05, 4.69) is 11.9 Å². The van der Waals surface area contributed by atoms with Gasteiger partial charge in [0, 0.05) is 29.1 Å². The predicted molar refractivity (Wildman–Crippen MR) is 104 cm³/mol. The molecule has 3 rings (SSSR count). The lowest BCUT2D eigenvalue weighted by atomic mass is 10.1. The minimum absolute atomic E-state index is 0.205. The minimum Gasteiger partial charge on any atom is -0.494 e. The number of esters is 1. The molecule has 1 aromatic heterocycles. The van der Waals surface area contributed by atoms with Gasteiger partial charge in [-0.2, -0.15) is 0 Å². The lowest BCUT2D eigenvalue weighted by molar-refractivity contribution is -0.142. The summed E-state index contributed by atoms with van der Waals surface area (Å²) in [5.74, 6) is 0.171. The summed E-state index contributed by atoms with van der Waals surface area (Å²) in [6, 6.07) is 15.3. The van der Waals surface area contributed by atoms with Crippen molar-refractivity contribution in [1.82, 2.24) is 4.98 Å². The summed E-state index contributed by atoms with van der Waals surface area (Å²) in [4.78, 5) is 27.4. The summed E-state index contributed by atoms with van der Waals surface area (Å²) in [6.07, 6.45) is 3.32. The summed E-state index contributed by atoms with van der Waals surface area (Å²) >= 11 is 0. The van der Waals surface area contributed by atoms with Gasteiger partial charge in [-0.1, -0.05) is 43.3 Å². The number of ether oxygens (including phenoxy) is 2. The van der Waals surface area contributed by atoms with E-state index in [-0.39, 0.29) is 18.8 Å². The van der Waals surface area contributed by atoms with Crippen LogP contribution in [0.1, 0.15) is 35.7 Å². The molecule has 5 nitrogen and oxygen atoms in total. The minimum atomic E-state index is -0.394. The number of Topliss-reactive ketones (excluding diaryl/α,β-unsaturated/α-hetero) is 1. The number of nitrogens with one attached hydrogen (secondary N) is 1. The first-order valence-electron chi connectivity index (χ1n) is 9.14. The number of aromatic amines is 1. The second-order valence-electron chi connectivity index (χ2n) is 6.24. The largest absolute Gasteiger partial charge is 0.494 e. The molecule has 0 radical (unpaired) electrons. The zero-order valence-electron chi connectivity index (χ0n) is 15.4. The van der Waals surface area contributed by atoms with Crippen molar-refractivity contribution in [3.63, 3.8) is 0 Å². The van der Waals surface area contributed by atoms with E-state index < -0.39 is 5.97 Å². The number of rotatable bonds is 9. The number of para-hydroxylation sites is 2. The van der Waals surface area contributed by atoms with Gasteiger partial charge in [0.05, 0.1) is 6.61 Å². The molecule has 0 saturated heterocycles. The Hall–Kier alpha value is -3.08. The van der Waals surface area contributed by atoms with Gasteiger partial charge in [-0.05, 0) is 30.5 Å². The Labute approximate surface area is 158 Å². The van der Waals surface area contributed by atoms with E-state index in [4.69, 9.17) is 9.47 Å². The Morgan fingerprint density at radius 2 is 1.85 bits per heavy atom. The molecule has 2 aromatic carbocycles. The van der Waals surface area contributed by atoms with Gasteiger partial charge in [-0.3, -0.25) is 9.59 Å². The number of carbonyl (C=O) groups excluding carboxylic acids is 2. The second-order valence-corrected chi connectivity index (χ2v) is 6.24. The smallest absolute Gasteiger partial charge is 0.306 e. The number of hydrogen-bond acceptors (Lipinski definition) is 4. The summed E-state index contributed by atoms with van der Waals surface area (Å²) in [7, 11) is 0. The molecule has 0 unspecified atom stereocenters. The highest BCUT2D eigenvalue weighted by Gasteiger charge is 2.15. The highest BCUT2D eigenvalue weighted by atomic mass is 16.5. The molecule has 0 aliphatic heterocycles. The molecule has 140 valence electrons. The number of aryl methyl sites for hydroxylation is 1. The average Bonchev–Trinajstić information content (AvgIpc) is 3.14. The maximum absolute atomic E-state index is 12.4. The maximum atomic E-state index is 12.4. The Bertz CT molecular complexity index is 914. The topological polar surface area (TPSA) is 68.4 Å². The van der Waals surface area contributed by atoms with Crippen molar-refractivity contribution in [1.29, 1.82) is 0 Å². The molecule has 0 amide bonds. The standard InChI is InChI=1S/C22H23NO4/c1-2-16-8-6-11-18-19(14-23-22(16)18)20(24)15-27-21(25)12-7-13-26-17-9-4-3-5-10-17/h3-6,8-11,14,23H,2,7,12-13,15H2,1H3. The van der Waals surface area contributed by atoms with Crippen molar-refractivity contribution in [2.24, 2.45) is 0 Å². The number of hydrogen-bond donors (Lipinski definition) is 1. The zero-order chi connectivity index (χ0) is 19.1. The lowest BCUT2D eigenvalue weighted by Crippen LogP contribution is -2.14. The fraction of sp³-hybridized carbons (Fsp3) is 0.273. The number of ketones is 1. The van der Waals surface area contributed by atoms with Crippen molar-refractivity contribution < 1.29 is 19.1 Å². The summed E-state index contributed by atoms with van der Waals surface area (Å²) in [6.45, 7) is 2.25. The quantitative estimate of drug-likeness (QED) is 0.348. The molecule has 27 heavy (non-hydrogen) atoms. The molecule has 0 saturated carbocycles. The highest BCUT2D eigenvalue weighted by Crippen LogP contribution is 2.22. The Morgan fingerprint density at radius 1 is 1.04 bits per heavy atom.